The second-order valence-corrected chi connectivity index (χ2v) is 10.2. The Morgan fingerprint density at radius 1 is 1.00 bits per heavy atom. The van der Waals surface area contributed by atoms with Crippen LogP contribution in [0.1, 0.15) is 45.4 Å². The fraction of sp³-hybridized carbons (Fsp3) is 0.636. The average Bonchev–Trinajstić information content (AvgIpc) is 3.38. The van der Waals surface area contributed by atoms with Gasteiger partial charge in [-0.05, 0) is 50.5 Å². The van der Waals surface area contributed by atoms with E-state index in [4.69, 9.17) is 14.2 Å². The molecule has 0 radical (unpaired) electrons. The van der Waals surface area contributed by atoms with Gasteiger partial charge in [-0.2, -0.15) is 0 Å². The average molecular weight is 454 g/mol. The van der Waals surface area contributed by atoms with Crippen molar-refractivity contribution in [1.29, 1.82) is 0 Å². The molecule has 0 aromatic heterocycles. The lowest BCUT2D eigenvalue weighted by atomic mass is 10.1. The fourth-order valence-corrected chi connectivity index (χ4v) is 5.93. The van der Waals surface area contributed by atoms with Gasteiger partial charge in [0.15, 0.2) is 16.4 Å². The van der Waals surface area contributed by atoms with Gasteiger partial charge in [-0.1, -0.05) is 12.8 Å². The van der Waals surface area contributed by atoms with Gasteiger partial charge in [0.1, 0.15) is 11.5 Å². The van der Waals surface area contributed by atoms with Crippen LogP contribution in [0.4, 0.5) is 0 Å². The van der Waals surface area contributed by atoms with E-state index in [1.807, 2.05) is 6.92 Å². The SMILES string of the molecule is CCOc1ccc(OCCC(=O)OCC(=O)N(C2CCCC2)C2CCS(=O)(=O)C2)cc1. The Bertz CT molecular complexity index is 847. The Kier molecular flexibility index (Phi) is 8.17. The standard InChI is InChI=1S/C22H31NO7S/c1-2-28-19-7-9-20(10-8-19)29-13-11-22(25)30-15-21(24)23(17-5-3-4-6-17)18-12-14-31(26,27)16-18/h7-10,17-18H,2-6,11-16H2,1H3. The monoisotopic (exact) mass is 453 g/mol. The number of amides is 1. The van der Waals surface area contributed by atoms with Crippen LogP contribution in [0.2, 0.25) is 0 Å². The van der Waals surface area contributed by atoms with Gasteiger partial charge in [-0.25, -0.2) is 8.42 Å². The first kappa shape index (κ1) is 23.4. The van der Waals surface area contributed by atoms with Crippen molar-refractivity contribution in [3.8, 4) is 11.5 Å². The molecule has 1 aromatic carbocycles. The van der Waals surface area contributed by atoms with E-state index in [0.29, 0.717) is 18.8 Å². The lowest BCUT2D eigenvalue weighted by Gasteiger charge is -2.33. The maximum absolute atomic E-state index is 12.8. The zero-order chi connectivity index (χ0) is 22.3. The molecule has 0 N–H and O–H groups in total. The molecule has 2 aliphatic rings. The van der Waals surface area contributed by atoms with Crippen LogP contribution in [-0.2, 0) is 24.2 Å². The third-order valence-corrected chi connectivity index (χ3v) is 7.42. The first-order valence-corrected chi connectivity index (χ1v) is 12.7. The Morgan fingerprint density at radius 3 is 2.23 bits per heavy atom. The third-order valence-electron chi connectivity index (χ3n) is 5.67. The highest BCUT2D eigenvalue weighted by atomic mass is 32.2. The minimum Gasteiger partial charge on any atom is -0.494 e. The second-order valence-electron chi connectivity index (χ2n) is 7.96. The molecule has 1 unspecified atom stereocenters. The summed E-state index contributed by atoms with van der Waals surface area (Å²) in [4.78, 5) is 26.6. The summed E-state index contributed by atoms with van der Waals surface area (Å²) in [6.07, 6.45) is 4.25. The van der Waals surface area contributed by atoms with Gasteiger partial charge >= 0.3 is 5.97 Å². The Labute approximate surface area is 183 Å². The van der Waals surface area contributed by atoms with E-state index >= 15 is 0 Å². The van der Waals surface area contributed by atoms with Gasteiger partial charge in [0, 0.05) is 12.1 Å². The molecule has 172 valence electrons. The first-order chi connectivity index (χ1) is 14.9. The fourth-order valence-electron chi connectivity index (χ4n) is 4.22. The predicted octanol–water partition coefficient (Wildman–Crippen LogP) is 2.36. The van der Waals surface area contributed by atoms with Crippen molar-refractivity contribution in [1.82, 2.24) is 4.90 Å². The number of rotatable bonds is 10. The second kappa shape index (κ2) is 10.8. The molecule has 1 aliphatic heterocycles. The van der Waals surface area contributed by atoms with Crippen molar-refractivity contribution in [3.63, 3.8) is 0 Å². The lowest BCUT2D eigenvalue weighted by molar-refractivity contribution is -0.154. The van der Waals surface area contributed by atoms with Crippen LogP contribution in [-0.4, -0.2) is 68.6 Å². The summed E-state index contributed by atoms with van der Waals surface area (Å²) in [5.41, 5.74) is 0. The molecule has 1 amide bonds. The minimum atomic E-state index is -3.11. The minimum absolute atomic E-state index is 0.000881. The number of ether oxygens (including phenoxy) is 3. The lowest BCUT2D eigenvalue weighted by Crippen LogP contribution is -2.48. The Morgan fingerprint density at radius 2 is 1.65 bits per heavy atom. The molecule has 2 fully saturated rings. The molecular formula is C22H31NO7S. The van der Waals surface area contributed by atoms with E-state index in [9.17, 15) is 18.0 Å². The summed E-state index contributed by atoms with van der Waals surface area (Å²) in [6, 6.07) is 6.81. The number of hydrogen-bond donors (Lipinski definition) is 0. The summed E-state index contributed by atoms with van der Waals surface area (Å²) in [6.45, 7) is 2.26. The molecular weight excluding hydrogens is 422 g/mol. The van der Waals surface area contributed by atoms with E-state index in [0.717, 1.165) is 31.4 Å². The summed E-state index contributed by atoms with van der Waals surface area (Å²) >= 11 is 0. The molecule has 1 aromatic rings. The van der Waals surface area contributed by atoms with E-state index in [2.05, 4.69) is 0 Å². The number of esters is 1. The molecule has 0 bridgehead atoms. The maximum Gasteiger partial charge on any atom is 0.309 e. The van der Waals surface area contributed by atoms with Crippen molar-refractivity contribution in [2.75, 3.05) is 31.3 Å². The largest absolute Gasteiger partial charge is 0.494 e. The molecule has 1 heterocycles. The number of carbonyl (C=O) groups excluding carboxylic acids is 2. The van der Waals surface area contributed by atoms with Crippen molar-refractivity contribution in [2.24, 2.45) is 0 Å². The van der Waals surface area contributed by atoms with Gasteiger partial charge in [-0.3, -0.25) is 9.59 Å². The van der Waals surface area contributed by atoms with Gasteiger partial charge in [0.2, 0.25) is 0 Å². The van der Waals surface area contributed by atoms with Gasteiger partial charge < -0.3 is 19.1 Å². The summed E-state index contributed by atoms with van der Waals surface area (Å²) in [5, 5.41) is 0. The number of carbonyl (C=O) groups is 2. The Hall–Kier alpha value is -2.29. The number of sulfone groups is 1. The van der Waals surface area contributed by atoms with E-state index in [1.165, 1.54) is 0 Å². The van der Waals surface area contributed by atoms with Crippen molar-refractivity contribution in [3.05, 3.63) is 24.3 Å². The van der Waals surface area contributed by atoms with E-state index < -0.39 is 15.8 Å². The number of benzene rings is 1. The highest BCUT2D eigenvalue weighted by Gasteiger charge is 2.39. The quantitative estimate of drug-likeness (QED) is 0.502. The number of nitrogens with zero attached hydrogens (tertiary/aromatic N) is 1. The summed E-state index contributed by atoms with van der Waals surface area (Å²) in [5.74, 6) is 0.631. The summed E-state index contributed by atoms with van der Waals surface area (Å²) < 4.78 is 39.8. The van der Waals surface area contributed by atoms with Crippen LogP contribution in [0.5, 0.6) is 11.5 Å². The van der Waals surface area contributed by atoms with E-state index in [1.54, 1.807) is 29.2 Å². The van der Waals surface area contributed by atoms with Crippen LogP contribution in [0.3, 0.4) is 0 Å². The van der Waals surface area contributed by atoms with Gasteiger partial charge in [0.05, 0.1) is 31.1 Å². The molecule has 31 heavy (non-hydrogen) atoms. The van der Waals surface area contributed by atoms with E-state index in [-0.39, 0.29) is 49.1 Å². The zero-order valence-electron chi connectivity index (χ0n) is 18.0. The highest BCUT2D eigenvalue weighted by molar-refractivity contribution is 7.91. The molecule has 8 nitrogen and oxygen atoms in total. The van der Waals surface area contributed by atoms with Crippen molar-refractivity contribution < 1.29 is 32.2 Å². The smallest absolute Gasteiger partial charge is 0.309 e. The van der Waals surface area contributed by atoms with Crippen LogP contribution in [0.15, 0.2) is 24.3 Å². The molecule has 1 atom stereocenters. The highest BCUT2D eigenvalue weighted by Crippen LogP contribution is 2.29. The van der Waals surface area contributed by atoms with Crippen molar-refractivity contribution in [2.45, 2.75) is 57.5 Å². The van der Waals surface area contributed by atoms with Crippen LogP contribution < -0.4 is 9.47 Å². The molecule has 1 saturated carbocycles. The first-order valence-electron chi connectivity index (χ1n) is 10.9. The third kappa shape index (κ3) is 6.85. The topological polar surface area (TPSA) is 99.2 Å². The van der Waals surface area contributed by atoms with Crippen LogP contribution >= 0.6 is 0 Å². The molecule has 3 rings (SSSR count). The maximum atomic E-state index is 12.8. The summed E-state index contributed by atoms with van der Waals surface area (Å²) in [7, 11) is -3.11. The van der Waals surface area contributed by atoms with Gasteiger partial charge in [0.25, 0.3) is 5.91 Å². The predicted molar refractivity (Wildman–Crippen MR) is 115 cm³/mol. The zero-order valence-corrected chi connectivity index (χ0v) is 18.8. The molecule has 0 spiro atoms. The Balaban J connectivity index is 1.44. The van der Waals surface area contributed by atoms with Crippen molar-refractivity contribution >= 4 is 21.7 Å². The van der Waals surface area contributed by atoms with Crippen LogP contribution in [0.25, 0.3) is 0 Å². The molecule has 1 aliphatic carbocycles. The normalized spacial score (nSPS) is 20.4. The van der Waals surface area contributed by atoms with Gasteiger partial charge in [-0.15, -0.1) is 0 Å². The number of hydrogen-bond acceptors (Lipinski definition) is 7. The molecule has 9 heteroatoms. The molecule has 1 saturated heterocycles. The van der Waals surface area contributed by atoms with Crippen LogP contribution in [0, 0.1) is 0 Å².